The average Bonchev–Trinajstić information content (AvgIpc) is 1.60. The number of rotatable bonds is 2. The standard InChI is InChI=1S/C7H13NO2/c1-6(2,9)4-7(3,10)5-8/h9-10H,4H2,1-3H3. The summed E-state index contributed by atoms with van der Waals surface area (Å²) in [6.45, 7) is 4.49. The number of hydrogen-bond donors (Lipinski definition) is 2. The van der Waals surface area contributed by atoms with Crippen molar-refractivity contribution >= 4 is 0 Å². The lowest BCUT2D eigenvalue weighted by molar-refractivity contribution is -0.00518. The van der Waals surface area contributed by atoms with Crippen molar-refractivity contribution < 1.29 is 10.2 Å². The molecule has 0 fully saturated rings. The Bertz CT molecular complexity index is 150. The van der Waals surface area contributed by atoms with Crippen LogP contribution >= 0.6 is 0 Å². The number of nitriles is 1. The fourth-order valence-electron chi connectivity index (χ4n) is 0.882. The van der Waals surface area contributed by atoms with Crippen LogP contribution in [-0.4, -0.2) is 21.4 Å². The van der Waals surface area contributed by atoms with Crippen LogP contribution in [0.5, 0.6) is 0 Å². The zero-order chi connectivity index (χ0) is 8.41. The van der Waals surface area contributed by atoms with Gasteiger partial charge in [0.1, 0.15) is 0 Å². The summed E-state index contributed by atoms with van der Waals surface area (Å²) >= 11 is 0. The summed E-state index contributed by atoms with van der Waals surface area (Å²) in [6.07, 6.45) is 0.0660. The molecule has 0 aromatic carbocycles. The first-order valence-electron chi connectivity index (χ1n) is 3.13. The lowest BCUT2D eigenvalue weighted by Gasteiger charge is -2.23. The van der Waals surface area contributed by atoms with Gasteiger partial charge in [0.2, 0.25) is 0 Å². The Morgan fingerprint density at radius 2 is 1.70 bits per heavy atom. The Labute approximate surface area is 60.9 Å². The van der Waals surface area contributed by atoms with Gasteiger partial charge in [-0.3, -0.25) is 0 Å². The molecule has 1 atom stereocenters. The van der Waals surface area contributed by atoms with Crippen molar-refractivity contribution in [1.29, 1.82) is 5.26 Å². The number of nitrogens with zero attached hydrogens (tertiary/aromatic N) is 1. The van der Waals surface area contributed by atoms with E-state index in [1.807, 2.05) is 0 Å². The van der Waals surface area contributed by atoms with Crippen molar-refractivity contribution in [2.24, 2.45) is 0 Å². The fourth-order valence-corrected chi connectivity index (χ4v) is 0.882. The molecule has 0 aliphatic rings. The van der Waals surface area contributed by atoms with Crippen molar-refractivity contribution in [3.8, 4) is 6.07 Å². The van der Waals surface area contributed by atoms with Crippen LogP contribution < -0.4 is 0 Å². The Morgan fingerprint density at radius 1 is 1.30 bits per heavy atom. The van der Waals surface area contributed by atoms with E-state index in [1.54, 1.807) is 19.9 Å². The predicted octanol–water partition coefficient (Wildman–Crippen LogP) is 0.422. The molecule has 10 heavy (non-hydrogen) atoms. The highest BCUT2D eigenvalue weighted by Gasteiger charge is 2.28. The summed E-state index contributed by atoms with van der Waals surface area (Å²) < 4.78 is 0. The maximum Gasteiger partial charge on any atom is 0.151 e. The third kappa shape index (κ3) is 4.30. The van der Waals surface area contributed by atoms with Crippen molar-refractivity contribution in [3.63, 3.8) is 0 Å². The molecule has 0 heterocycles. The molecule has 0 saturated heterocycles. The summed E-state index contributed by atoms with van der Waals surface area (Å²) in [7, 11) is 0. The zero-order valence-electron chi connectivity index (χ0n) is 6.55. The number of hydrogen-bond acceptors (Lipinski definition) is 3. The van der Waals surface area contributed by atoms with Crippen LogP contribution in [0.25, 0.3) is 0 Å². The monoisotopic (exact) mass is 143 g/mol. The van der Waals surface area contributed by atoms with Crippen LogP contribution in [0.1, 0.15) is 27.2 Å². The minimum Gasteiger partial charge on any atom is -0.390 e. The van der Waals surface area contributed by atoms with Gasteiger partial charge < -0.3 is 10.2 Å². The lowest BCUT2D eigenvalue weighted by atomic mass is 9.92. The quantitative estimate of drug-likeness (QED) is 0.551. The Hall–Kier alpha value is -0.590. The van der Waals surface area contributed by atoms with Gasteiger partial charge in [-0.25, -0.2) is 0 Å². The predicted molar refractivity (Wildman–Crippen MR) is 37.2 cm³/mol. The van der Waals surface area contributed by atoms with E-state index < -0.39 is 11.2 Å². The second-order valence-electron chi connectivity index (χ2n) is 3.37. The largest absolute Gasteiger partial charge is 0.390 e. The molecular weight excluding hydrogens is 130 g/mol. The Balaban J connectivity index is 4.05. The van der Waals surface area contributed by atoms with E-state index in [-0.39, 0.29) is 6.42 Å². The molecule has 0 spiro atoms. The molecule has 0 radical (unpaired) electrons. The van der Waals surface area contributed by atoms with Gasteiger partial charge in [-0.1, -0.05) is 0 Å². The van der Waals surface area contributed by atoms with Gasteiger partial charge in [0.05, 0.1) is 11.7 Å². The van der Waals surface area contributed by atoms with E-state index >= 15 is 0 Å². The van der Waals surface area contributed by atoms with Gasteiger partial charge in [-0.2, -0.15) is 5.26 Å². The van der Waals surface area contributed by atoms with Crippen molar-refractivity contribution in [2.75, 3.05) is 0 Å². The molecule has 0 aromatic heterocycles. The summed E-state index contributed by atoms with van der Waals surface area (Å²) in [5.41, 5.74) is -2.41. The van der Waals surface area contributed by atoms with Crippen LogP contribution in [0.4, 0.5) is 0 Å². The highest BCUT2D eigenvalue weighted by atomic mass is 16.3. The van der Waals surface area contributed by atoms with E-state index in [4.69, 9.17) is 10.4 Å². The van der Waals surface area contributed by atoms with E-state index in [9.17, 15) is 5.11 Å². The van der Waals surface area contributed by atoms with Gasteiger partial charge in [0.25, 0.3) is 0 Å². The first kappa shape index (κ1) is 9.41. The zero-order valence-corrected chi connectivity index (χ0v) is 6.55. The second kappa shape index (κ2) is 2.57. The van der Waals surface area contributed by atoms with Crippen molar-refractivity contribution in [3.05, 3.63) is 0 Å². The molecule has 0 amide bonds. The van der Waals surface area contributed by atoms with Gasteiger partial charge >= 0.3 is 0 Å². The topological polar surface area (TPSA) is 64.2 Å². The molecule has 2 N–H and O–H groups in total. The summed E-state index contributed by atoms with van der Waals surface area (Å²) in [6, 6.07) is 1.69. The molecule has 0 aromatic rings. The first-order chi connectivity index (χ1) is 4.27. The molecule has 0 aliphatic carbocycles. The molecule has 1 unspecified atom stereocenters. The second-order valence-corrected chi connectivity index (χ2v) is 3.37. The smallest absolute Gasteiger partial charge is 0.151 e. The van der Waals surface area contributed by atoms with Crippen LogP contribution in [0.2, 0.25) is 0 Å². The van der Waals surface area contributed by atoms with E-state index in [0.717, 1.165) is 0 Å². The average molecular weight is 143 g/mol. The summed E-state index contributed by atoms with van der Waals surface area (Å²) in [5.74, 6) is 0. The van der Waals surface area contributed by atoms with Crippen LogP contribution in [-0.2, 0) is 0 Å². The minimum atomic E-state index is -1.42. The Kier molecular flexibility index (Phi) is 2.42. The van der Waals surface area contributed by atoms with Crippen molar-refractivity contribution in [2.45, 2.75) is 38.4 Å². The van der Waals surface area contributed by atoms with Crippen LogP contribution in [0.15, 0.2) is 0 Å². The third-order valence-electron chi connectivity index (χ3n) is 1.02. The molecule has 0 bridgehead atoms. The molecule has 3 nitrogen and oxygen atoms in total. The fraction of sp³-hybridized carbons (Fsp3) is 0.857. The maximum atomic E-state index is 9.17. The maximum absolute atomic E-state index is 9.17. The van der Waals surface area contributed by atoms with Gasteiger partial charge in [-0.05, 0) is 20.8 Å². The van der Waals surface area contributed by atoms with Gasteiger partial charge in [-0.15, -0.1) is 0 Å². The van der Waals surface area contributed by atoms with Crippen molar-refractivity contribution in [1.82, 2.24) is 0 Å². The van der Waals surface area contributed by atoms with Gasteiger partial charge in [0, 0.05) is 6.42 Å². The molecular formula is C7H13NO2. The minimum absolute atomic E-state index is 0.0660. The highest BCUT2D eigenvalue weighted by molar-refractivity contribution is 4.99. The lowest BCUT2D eigenvalue weighted by Crippen LogP contribution is -2.33. The summed E-state index contributed by atoms with van der Waals surface area (Å²) in [4.78, 5) is 0. The molecule has 0 saturated carbocycles. The number of aliphatic hydroxyl groups is 2. The SMILES string of the molecule is CC(C)(O)CC(C)(O)C#N. The van der Waals surface area contributed by atoms with E-state index in [2.05, 4.69) is 0 Å². The van der Waals surface area contributed by atoms with E-state index in [1.165, 1.54) is 6.92 Å². The van der Waals surface area contributed by atoms with E-state index in [0.29, 0.717) is 0 Å². The molecule has 3 heteroatoms. The molecule has 0 aliphatic heterocycles. The van der Waals surface area contributed by atoms with Gasteiger partial charge in [0.15, 0.2) is 5.60 Å². The first-order valence-corrected chi connectivity index (χ1v) is 3.13. The molecule has 0 rings (SSSR count). The van der Waals surface area contributed by atoms with Crippen LogP contribution in [0, 0.1) is 11.3 Å². The molecule has 58 valence electrons. The highest BCUT2D eigenvalue weighted by Crippen LogP contribution is 2.18. The van der Waals surface area contributed by atoms with Crippen LogP contribution in [0.3, 0.4) is 0 Å². The Morgan fingerprint density at radius 3 is 1.80 bits per heavy atom. The third-order valence-corrected chi connectivity index (χ3v) is 1.02. The normalized spacial score (nSPS) is 17.6. The summed E-state index contributed by atoms with van der Waals surface area (Å²) in [5, 5.41) is 26.7.